The minimum Gasteiger partial charge on any atom is -1.00 e. The van der Waals surface area contributed by atoms with Crippen LogP contribution in [0.2, 0.25) is 0 Å². The highest BCUT2D eigenvalue weighted by atomic mass is 127. The van der Waals surface area contributed by atoms with Gasteiger partial charge in [0.1, 0.15) is 5.52 Å². The maximum absolute atomic E-state index is 4.91. The maximum Gasteiger partial charge on any atom is 0.323 e. The molecule has 0 spiro atoms. The number of imidazole rings is 1. The molecule has 0 amide bonds. The highest BCUT2D eigenvalue weighted by molar-refractivity contribution is 5.82. The van der Waals surface area contributed by atoms with E-state index >= 15 is 0 Å². The topological polar surface area (TPSA) is 52.4 Å². The lowest BCUT2D eigenvalue weighted by Crippen LogP contribution is -3.00. The summed E-state index contributed by atoms with van der Waals surface area (Å²) in [6.07, 6.45) is 11.7. The van der Waals surface area contributed by atoms with Crippen molar-refractivity contribution in [1.29, 1.82) is 0 Å². The van der Waals surface area contributed by atoms with Gasteiger partial charge in [0, 0.05) is 17.8 Å². The van der Waals surface area contributed by atoms with Crippen LogP contribution in [0.25, 0.3) is 40.2 Å². The first-order valence-electron chi connectivity index (χ1n) is 10.5. The van der Waals surface area contributed by atoms with E-state index in [0.29, 0.717) is 13.1 Å². The Morgan fingerprint density at radius 1 is 0.879 bits per heavy atom. The van der Waals surface area contributed by atoms with Gasteiger partial charge in [-0.25, -0.2) is 18.8 Å². The zero-order valence-electron chi connectivity index (χ0n) is 18.0. The maximum atomic E-state index is 4.91. The Hall–Kier alpha value is -3.59. The van der Waals surface area contributed by atoms with Crippen LogP contribution < -0.4 is 28.5 Å². The lowest BCUT2D eigenvalue weighted by atomic mass is 10.3. The van der Waals surface area contributed by atoms with E-state index < -0.39 is 0 Å². The summed E-state index contributed by atoms with van der Waals surface area (Å²) in [6, 6.07) is 18.0. The molecule has 3 heterocycles. The van der Waals surface area contributed by atoms with E-state index in [0.717, 1.165) is 39.4 Å². The molecule has 33 heavy (non-hydrogen) atoms. The van der Waals surface area contributed by atoms with E-state index in [1.807, 2.05) is 83.8 Å². The molecule has 0 aliphatic heterocycles. The summed E-state index contributed by atoms with van der Waals surface area (Å²) in [5.74, 6) is 0.975. The van der Waals surface area contributed by atoms with E-state index in [1.165, 1.54) is 0 Å². The van der Waals surface area contributed by atoms with Crippen LogP contribution >= 0.6 is 0 Å². The Bertz CT molecular complexity index is 1400. The highest BCUT2D eigenvalue weighted by Gasteiger charge is 2.24. The standard InChI is InChI=1S/C26H23N6.HI/c1-3-16-30-24(15-14-20-18-27-32(19-20)21-10-6-5-7-11-21)31(17-4-2)26-25(30)28-22-12-8-9-13-23(22)29-26;/h3-15,18-19H,1-2,16-17H2;1H/q+1;/p-1. The smallest absolute Gasteiger partial charge is 0.323 e. The fourth-order valence-electron chi connectivity index (χ4n) is 3.82. The van der Waals surface area contributed by atoms with Crippen molar-refractivity contribution in [3.63, 3.8) is 0 Å². The number of allylic oxidation sites excluding steroid dienone is 2. The monoisotopic (exact) mass is 546 g/mol. The molecule has 5 rings (SSSR count). The number of aromatic nitrogens is 6. The van der Waals surface area contributed by atoms with Crippen LogP contribution in [0.1, 0.15) is 11.4 Å². The van der Waals surface area contributed by atoms with Gasteiger partial charge in [0.15, 0.2) is 5.52 Å². The van der Waals surface area contributed by atoms with Crippen LogP contribution in [0.5, 0.6) is 0 Å². The average Bonchev–Trinajstić information content (AvgIpc) is 3.41. The second-order valence-electron chi connectivity index (χ2n) is 7.40. The van der Waals surface area contributed by atoms with Crippen molar-refractivity contribution in [2.24, 2.45) is 0 Å². The molecule has 0 saturated heterocycles. The van der Waals surface area contributed by atoms with E-state index in [2.05, 4.69) is 39.5 Å². The number of nitrogens with zero attached hydrogens (tertiary/aromatic N) is 6. The van der Waals surface area contributed by atoms with Crippen LogP contribution in [0, 0.1) is 0 Å². The third-order valence-corrected chi connectivity index (χ3v) is 5.27. The Balaban J connectivity index is 0.00000259. The zero-order chi connectivity index (χ0) is 21.9. The van der Waals surface area contributed by atoms with Gasteiger partial charge in [-0.1, -0.05) is 60.6 Å². The molecular weight excluding hydrogens is 523 g/mol. The minimum absolute atomic E-state index is 0. The molecule has 0 saturated carbocycles. The van der Waals surface area contributed by atoms with Gasteiger partial charge >= 0.3 is 5.65 Å². The van der Waals surface area contributed by atoms with Crippen molar-refractivity contribution in [3.8, 4) is 5.69 Å². The Kier molecular flexibility index (Phi) is 6.79. The van der Waals surface area contributed by atoms with Crippen molar-refractivity contribution in [2.45, 2.75) is 13.1 Å². The largest absolute Gasteiger partial charge is 1.00 e. The van der Waals surface area contributed by atoms with Gasteiger partial charge < -0.3 is 24.0 Å². The minimum atomic E-state index is 0. The Morgan fingerprint density at radius 2 is 1.61 bits per heavy atom. The first-order valence-corrected chi connectivity index (χ1v) is 10.5. The summed E-state index contributed by atoms with van der Waals surface area (Å²) in [7, 11) is 0. The molecule has 5 aromatic rings. The van der Waals surface area contributed by atoms with E-state index in [1.54, 1.807) is 0 Å². The molecular formula is C26H23IN6. The second kappa shape index (κ2) is 9.91. The number of fused-ring (bicyclic) bond motifs is 2. The lowest BCUT2D eigenvalue weighted by Gasteiger charge is -2.00. The van der Waals surface area contributed by atoms with Crippen LogP contribution in [0.3, 0.4) is 0 Å². The van der Waals surface area contributed by atoms with Crippen LogP contribution in [-0.2, 0) is 13.1 Å². The fourth-order valence-corrected chi connectivity index (χ4v) is 3.82. The van der Waals surface area contributed by atoms with E-state index in [9.17, 15) is 0 Å². The fraction of sp³-hybridized carbons (Fsp3) is 0.0769. The van der Waals surface area contributed by atoms with Gasteiger partial charge in [0.25, 0.3) is 5.65 Å². The number of para-hydroxylation sites is 3. The number of rotatable bonds is 7. The lowest BCUT2D eigenvalue weighted by molar-refractivity contribution is -0.665. The summed E-state index contributed by atoms with van der Waals surface area (Å²) in [6.45, 7) is 9.12. The molecule has 0 N–H and O–H groups in total. The first kappa shape index (κ1) is 22.6. The summed E-state index contributed by atoms with van der Waals surface area (Å²) in [5, 5.41) is 4.49. The number of hydrogen-bond acceptors (Lipinski definition) is 3. The molecule has 0 fully saturated rings. The molecule has 0 unspecified atom stereocenters. The first-order chi connectivity index (χ1) is 15.8. The molecule has 3 aromatic heterocycles. The van der Waals surface area contributed by atoms with Crippen molar-refractivity contribution in [1.82, 2.24) is 24.3 Å². The number of benzene rings is 2. The molecule has 6 nitrogen and oxygen atoms in total. The van der Waals surface area contributed by atoms with Crippen LogP contribution in [0.4, 0.5) is 0 Å². The average molecular weight is 546 g/mol. The summed E-state index contributed by atoms with van der Waals surface area (Å²) < 4.78 is 6.12. The van der Waals surface area contributed by atoms with E-state index in [-0.39, 0.29) is 24.0 Å². The quantitative estimate of drug-likeness (QED) is 0.177. The summed E-state index contributed by atoms with van der Waals surface area (Å²) in [4.78, 5) is 9.81. The molecule has 0 aliphatic carbocycles. The molecule has 0 radical (unpaired) electrons. The number of hydrogen-bond donors (Lipinski definition) is 0. The zero-order valence-corrected chi connectivity index (χ0v) is 20.2. The summed E-state index contributed by atoms with van der Waals surface area (Å²) in [5.41, 5.74) is 5.41. The van der Waals surface area contributed by atoms with E-state index in [4.69, 9.17) is 9.97 Å². The Labute approximate surface area is 209 Å². The molecule has 0 atom stereocenters. The van der Waals surface area contributed by atoms with Crippen molar-refractivity contribution in [2.75, 3.05) is 0 Å². The predicted octanol–water partition coefficient (Wildman–Crippen LogP) is 1.60. The highest BCUT2D eigenvalue weighted by Crippen LogP contribution is 2.18. The van der Waals surface area contributed by atoms with Crippen molar-refractivity contribution < 1.29 is 28.5 Å². The third kappa shape index (κ3) is 4.36. The van der Waals surface area contributed by atoms with Gasteiger partial charge in [0.05, 0.1) is 25.0 Å². The third-order valence-electron chi connectivity index (χ3n) is 5.27. The number of halogens is 1. The van der Waals surface area contributed by atoms with Gasteiger partial charge in [-0.15, -0.1) is 0 Å². The van der Waals surface area contributed by atoms with Gasteiger partial charge in [0.2, 0.25) is 5.82 Å². The second-order valence-corrected chi connectivity index (χ2v) is 7.40. The molecule has 2 aromatic carbocycles. The normalized spacial score (nSPS) is 11.2. The van der Waals surface area contributed by atoms with Crippen LogP contribution in [-0.4, -0.2) is 24.3 Å². The Morgan fingerprint density at radius 3 is 2.33 bits per heavy atom. The van der Waals surface area contributed by atoms with Gasteiger partial charge in [-0.05, 0) is 30.3 Å². The van der Waals surface area contributed by atoms with Crippen molar-refractivity contribution in [3.05, 3.63) is 104 Å². The van der Waals surface area contributed by atoms with Gasteiger partial charge in [-0.3, -0.25) is 0 Å². The predicted molar refractivity (Wildman–Crippen MR) is 128 cm³/mol. The molecule has 0 aliphatic rings. The molecule has 164 valence electrons. The van der Waals surface area contributed by atoms with Crippen LogP contribution in [0.15, 0.2) is 92.3 Å². The molecule has 7 heteroatoms. The SMILES string of the molecule is C=CCn1c(C=Cc2cnn(-c3ccccc3)c2)[n+](CC=C)c2nc3ccccc3nc21.[I-]. The summed E-state index contributed by atoms with van der Waals surface area (Å²) >= 11 is 0. The van der Waals surface area contributed by atoms with Crippen molar-refractivity contribution >= 4 is 34.5 Å². The van der Waals surface area contributed by atoms with Gasteiger partial charge in [-0.2, -0.15) is 5.10 Å². The molecule has 0 bridgehead atoms.